The van der Waals surface area contributed by atoms with Crippen molar-refractivity contribution in [1.82, 2.24) is 0 Å². The smallest absolute Gasteiger partial charge is 0.341 e. The molecule has 0 aromatic carbocycles. The van der Waals surface area contributed by atoms with E-state index in [-0.39, 0.29) is 4.91 Å². The van der Waals surface area contributed by atoms with Crippen LogP contribution in [0.5, 0.6) is 0 Å². The third-order valence-electron chi connectivity index (χ3n) is 1.03. The van der Waals surface area contributed by atoms with Gasteiger partial charge < -0.3 is 5.11 Å². The molecule has 0 radical (unpaired) electrons. The van der Waals surface area contributed by atoms with Gasteiger partial charge in [-0.25, -0.2) is 4.79 Å². The maximum atomic E-state index is 10.3. The molecule has 0 saturated heterocycles. The number of allylic oxidation sites excluding steroid dienone is 1. The first-order chi connectivity index (χ1) is 5.07. The molecule has 0 aromatic heterocycles. The Morgan fingerprint density at radius 2 is 2.09 bits per heavy atom. The predicted molar refractivity (Wildman–Crippen MR) is 48.4 cm³/mol. The molecule has 0 bridgehead atoms. The Hall–Kier alpha value is -0.700. The largest absolute Gasteiger partial charge is 0.477 e. The lowest BCUT2D eigenvalue weighted by Gasteiger charge is -2.01. The van der Waals surface area contributed by atoms with E-state index < -0.39 is 5.97 Å². The topological polar surface area (TPSA) is 37.3 Å². The molecular formula is C8H12O2S. The molecule has 0 aliphatic rings. The van der Waals surface area contributed by atoms with Gasteiger partial charge in [-0.3, -0.25) is 0 Å². The zero-order valence-electron chi connectivity index (χ0n) is 6.59. The molecule has 0 aliphatic carbocycles. The highest BCUT2D eigenvalue weighted by atomic mass is 32.2. The van der Waals surface area contributed by atoms with Gasteiger partial charge in [-0.15, -0.1) is 0 Å². The highest BCUT2D eigenvalue weighted by Gasteiger charge is 2.05. The quantitative estimate of drug-likeness (QED) is 0.648. The van der Waals surface area contributed by atoms with Crippen molar-refractivity contribution in [2.75, 3.05) is 0 Å². The average Bonchev–Trinajstić information content (AvgIpc) is 1.87. The van der Waals surface area contributed by atoms with Gasteiger partial charge in [-0.2, -0.15) is 0 Å². The summed E-state index contributed by atoms with van der Waals surface area (Å²) in [7, 11) is 0. The van der Waals surface area contributed by atoms with Gasteiger partial charge in [0.25, 0.3) is 0 Å². The van der Waals surface area contributed by atoms with Crippen LogP contribution in [0.1, 0.15) is 19.8 Å². The summed E-state index contributed by atoms with van der Waals surface area (Å²) in [6.07, 6.45) is 1.83. The predicted octanol–water partition coefficient (Wildman–Crippen LogP) is 2.63. The average molecular weight is 172 g/mol. The Morgan fingerprint density at radius 3 is 2.45 bits per heavy atom. The van der Waals surface area contributed by atoms with Crippen molar-refractivity contribution in [3.05, 3.63) is 23.0 Å². The summed E-state index contributed by atoms with van der Waals surface area (Å²) in [4.78, 5) is 11.3. The van der Waals surface area contributed by atoms with E-state index in [4.69, 9.17) is 5.11 Å². The van der Waals surface area contributed by atoms with Gasteiger partial charge in [-0.1, -0.05) is 38.3 Å². The molecule has 0 heterocycles. The van der Waals surface area contributed by atoms with Gasteiger partial charge in [0.1, 0.15) is 0 Å². The van der Waals surface area contributed by atoms with Crippen LogP contribution in [0.4, 0.5) is 0 Å². The Morgan fingerprint density at radius 1 is 1.55 bits per heavy atom. The van der Waals surface area contributed by atoms with Crippen LogP contribution in [0.15, 0.2) is 23.0 Å². The van der Waals surface area contributed by atoms with Gasteiger partial charge in [0.15, 0.2) is 0 Å². The van der Waals surface area contributed by atoms with Crippen LogP contribution < -0.4 is 0 Å². The van der Waals surface area contributed by atoms with E-state index in [0.717, 1.165) is 29.5 Å². The Bertz CT molecular complexity index is 185. The van der Waals surface area contributed by atoms with Gasteiger partial charge in [0.2, 0.25) is 0 Å². The second kappa shape index (κ2) is 5.02. The fourth-order valence-electron chi connectivity index (χ4n) is 0.548. The van der Waals surface area contributed by atoms with Gasteiger partial charge in [0.05, 0.1) is 4.91 Å². The van der Waals surface area contributed by atoms with Crippen molar-refractivity contribution in [2.24, 2.45) is 0 Å². The van der Waals surface area contributed by atoms with Crippen LogP contribution in [0.2, 0.25) is 0 Å². The number of carboxylic acids is 1. The Labute approximate surface area is 71.0 Å². The lowest BCUT2D eigenvalue weighted by molar-refractivity contribution is -0.131. The lowest BCUT2D eigenvalue weighted by atomic mass is 10.3. The molecule has 0 rings (SSSR count). The van der Waals surface area contributed by atoms with E-state index in [2.05, 4.69) is 13.2 Å². The summed E-state index contributed by atoms with van der Waals surface area (Å²) < 4.78 is 0. The summed E-state index contributed by atoms with van der Waals surface area (Å²) in [5.41, 5.74) is 0. The molecule has 11 heavy (non-hydrogen) atoms. The van der Waals surface area contributed by atoms with Crippen LogP contribution in [0.25, 0.3) is 0 Å². The summed E-state index contributed by atoms with van der Waals surface area (Å²) in [5.74, 6) is -0.966. The minimum atomic E-state index is -0.966. The maximum absolute atomic E-state index is 10.3. The fourth-order valence-corrected chi connectivity index (χ4v) is 1.29. The van der Waals surface area contributed by atoms with Crippen molar-refractivity contribution < 1.29 is 9.90 Å². The standard InChI is InChI=1S/C8H12O2S/c1-4-5-6(2)11-7(3)8(9)10/h2-5H2,1H3,(H,9,10). The van der Waals surface area contributed by atoms with E-state index in [9.17, 15) is 4.79 Å². The first-order valence-electron chi connectivity index (χ1n) is 3.35. The van der Waals surface area contributed by atoms with Crippen molar-refractivity contribution in [3.63, 3.8) is 0 Å². The molecule has 0 spiro atoms. The summed E-state index contributed by atoms with van der Waals surface area (Å²) in [6, 6.07) is 0. The summed E-state index contributed by atoms with van der Waals surface area (Å²) >= 11 is 1.14. The number of hydrogen-bond acceptors (Lipinski definition) is 2. The zero-order valence-corrected chi connectivity index (χ0v) is 7.41. The highest BCUT2D eigenvalue weighted by molar-refractivity contribution is 8.07. The molecule has 0 amide bonds. The summed E-state index contributed by atoms with van der Waals surface area (Å²) in [5, 5.41) is 8.44. The van der Waals surface area contributed by atoms with Crippen molar-refractivity contribution in [2.45, 2.75) is 19.8 Å². The number of aliphatic carboxylic acids is 1. The molecule has 0 aromatic rings. The highest BCUT2D eigenvalue weighted by Crippen LogP contribution is 2.25. The molecule has 1 N–H and O–H groups in total. The molecule has 3 heteroatoms. The maximum Gasteiger partial charge on any atom is 0.341 e. The van der Waals surface area contributed by atoms with Gasteiger partial charge >= 0.3 is 5.97 Å². The second-order valence-corrected chi connectivity index (χ2v) is 3.39. The van der Waals surface area contributed by atoms with E-state index in [1.807, 2.05) is 6.92 Å². The molecule has 2 nitrogen and oxygen atoms in total. The normalized spacial score (nSPS) is 9.18. The first-order valence-corrected chi connectivity index (χ1v) is 4.17. The zero-order chi connectivity index (χ0) is 8.85. The molecule has 62 valence electrons. The minimum Gasteiger partial charge on any atom is -0.477 e. The van der Waals surface area contributed by atoms with Crippen LogP contribution in [0.3, 0.4) is 0 Å². The molecular weight excluding hydrogens is 160 g/mol. The Balaban J connectivity index is 3.76. The van der Waals surface area contributed by atoms with Crippen LogP contribution in [0, 0.1) is 0 Å². The first kappa shape index (κ1) is 10.3. The van der Waals surface area contributed by atoms with Gasteiger partial charge in [0, 0.05) is 0 Å². The van der Waals surface area contributed by atoms with Crippen molar-refractivity contribution in [1.29, 1.82) is 0 Å². The number of hydrogen-bond donors (Lipinski definition) is 1. The number of carboxylic acid groups (broad SMARTS) is 1. The van der Waals surface area contributed by atoms with E-state index >= 15 is 0 Å². The van der Waals surface area contributed by atoms with Gasteiger partial charge in [-0.05, 0) is 11.3 Å². The number of thioether (sulfide) groups is 1. The third kappa shape index (κ3) is 4.67. The van der Waals surface area contributed by atoms with Crippen LogP contribution in [-0.4, -0.2) is 11.1 Å². The molecule has 0 aliphatic heterocycles. The van der Waals surface area contributed by atoms with Crippen molar-refractivity contribution in [3.8, 4) is 0 Å². The summed E-state index contributed by atoms with van der Waals surface area (Å²) in [6.45, 7) is 9.11. The molecule has 0 unspecified atom stereocenters. The number of rotatable bonds is 5. The van der Waals surface area contributed by atoms with Crippen molar-refractivity contribution >= 4 is 17.7 Å². The molecule has 0 saturated carbocycles. The Kier molecular flexibility index (Phi) is 4.70. The lowest BCUT2D eigenvalue weighted by Crippen LogP contribution is -1.94. The van der Waals surface area contributed by atoms with E-state index in [1.54, 1.807) is 0 Å². The minimum absolute atomic E-state index is 0.142. The number of carbonyl (C=O) groups is 1. The van der Waals surface area contributed by atoms with Crippen LogP contribution >= 0.6 is 11.8 Å². The van der Waals surface area contributed by atoms with E-state index in [0.29, 0.717) is 0 Å². The SMILES string of the molecule is C=C(CCC)SC(=C)C(=O)O. The molecule has 0 atom stereocenters. The van der Waals surface area contributed by atoms with E-state index in [1.165, 1.54) is 0 Å². The molecule has 0 fully saturated rings. The fraction of sp³-hybridized carbons (Fsp3) is 0.375. The third-order valence-corrected chi connectivity index (χ3v) is 1.95. The second-order valence-electron chi connectivity index (χ2n) is 2.12. The van der Waals surface area contributed by atoms with Crippen LogP contribution in [-0.2, 0) is 4.79 Å². The monoisotopic (exact) mass is 172 g/mol.